The Morgan fingerprint density at radius 1 is 1.32 bits per heavy atom. The third-order valence-corrected chi connectivity index (χ3v) is 3.95. The standard InChI is InChI=1S/C14H24N2O3/c1-2-3-12-14(18)16(7-4-13(17)15-12)10-11-5-8-19-9-6-11/h11-12H,2-10H2,1H3,(H,15,17). The van der Waals surface area contributed by atoms with Crippen LogP contribution >= 0.6 is 0 Å². The number of ether oxygens (including phenoxy) is 1. The lowest BCUT2D eigenvalue weighted by Crippen LogP contribution is -2.46. The fraction of sp³-hybridized carbons (Fsp3) is 0.857. The first-order valence-corrected chi connectivity index (χ1v) is 7.36. The van der Waals surface area contributed by atoms with Crippen molar-refractivity contribution < 1.29 is 14.3 Å². The van der Waals surface area contributed by atoms with Crippen molar-refractivity contribution in [3.63, 3.8) is 0 Å². The van der Waals surface area contributed by atoms with Crippen molar-refractivity contribution >= 4 is 11.8 Å². The van der Waals surface area contributed by atoms with Gasteiger partial charge in [0.05, 0.1) is 0 Å². The molecule has 5 nitrogen and oxygen atoms in total. The summed E-state index contributed by atoms with van der Waals surface area (Å²) < 4.78 is 5.35. The summed E-state index contributed by atoms with van der Waals surface area (Å²) in [6, 6.07) is -0.320. The van der Waals surface area contributed by atoms with Crippen LogP contribution in [0.1, 0.15) is 39.0 Å². The van der Waals surface area contributed by atoms with E-state index in [1.165, 1.54) is 0 Å². The highest BCUT2D eigenvalue weighted by atomic mass is 16.5. The second-order valence-electron chi connectivity index (χ2n) is 5.50. The molecule has 0 aromatic carbocycles. The monoisotopic (exact) mass is 268 g/mol. The first kappa shape index (κ1) is 14.3. The highest BCUT2D eigenvalue weighted by Gasteiger charge is 2.30. The van der Waals surface area contributed by atoms with Crippen LogP contribution in [-0.4, -0.2) is 49.1 Å². The van der Waals surface area contributed by atoms with Crippen LogP contribution in [0.15, 0.2) is 0 Å². The highest BCUT2D eigenvalue weighted by molar-refractivity contribution is 5.89. The highest BCUT2D eigenvalue weighted by Crippen LogP contribution is 2.18. The zero-order valence-electron chi connectivity index (χ0n) is 11.7. The predicted molar refractivity (Wildman–Crippen MR) is 71.6 cm³/mol. The summed E-state index contributed by atoms with van der Waals surface area (Å²) in [5.41, 5.74) is 0. The van der Waals surface area contributed by atoms with Crippen LogP contribution in [0.2, 0.25) is 0 Å². The Morgan fingerprint density at radius 3 is 2.74 bits per heavy atom. The molecule has 0 aliphatic carbocycles. The second kappa shape index (κ2) is 6.89. The molecular weight excluding hydrogens is 244 g/mol. The van der Waals surface area contributed by atoms with Crippen LogP contribution in [0, 0.1) is 5.92 Å². The van der Waals surface area contributed by atoms with E-state index in [1.54, 1.807) is 0 Å². The van der Waals surface area contributed by atoms with Crippen molar-refractivity contribution in [1.29, 1.82) is 0 Å². The average molecular weight is 268 g/mol. The van der Waals surface area contributed by atoms with E-state index in [-0.39, 0.29) is 17.9 Å². The summed E-state index contributed by atoms with van der Waals surface area (Å²) in [5, 5.41) is 2.84. The molecular formula is C14H24N2O3. The van der Waals surface area contributed by atoms with Crippen LogP contribution in [0.5, 0.6) is 0 Å². The van der Waals surface area contributed by atoms with Crippen LogP contribution in [-0.2, 0) is 14.3 Å². The first-order chi connectivity index (χ1) is 9.20. The van der Waals surface area contributed by atoms with E-state index in [9.17, 15) is 9.59 Å². The van der Waals surface area contributed by atoms with E-state index in [0.29, 0.717) is 18.9 Å². The topological polar surface area (TPSA) is 58.6 Å². The Morgan fingerprint density at radius 2 is 2.05 bits per heavy atom. The maximum Gasteiger partial charge on any atom is 0.245 e. The van der Waals surface area contributed by atoms with E-state index in [0.717, 1.165) is 45.4 Å². The van der Waals surface area contributed by atoms with E-state index in [1.807, 2.05) is 11.8 Å². The van der Waals surface area contributed by atoms with Gasteiger partial charge in [-0.1, -0.05) is 13.3 Å². The lowest BCUT2D eigenvalue weighted by atomic mass is 9.99. The molecule has 2 amide bonds. The van der Waals surface area contributed by atoms with Crippen LogP contribution in [0.4, 0.5) is 0 Å². The van der Waals surface area contributed by atoms with Gasteiger partial charge in [0.1, 0.15) is 6.04 Å². The van der Waals surface area contributed by atoms with Gasteiger partial charge < -0.3 is 15.0 Å². The number of rotatable bonds is 4. The van der Waals surface area contributed by atoms with E-state index in [4.69, 9.17) is 4.74 Å². The molecule has 2 saturated heterocycles. The first-order valence-electron chi connectivity index (χ1n) is 7.36. The Hall–Kier alpha value is -1.10. The van der Waals surface area contributed by atoms with Gasteiger partial charge in [-0.25, -0.2) is 0 Å². The molecule has 1 N–H and O–H groups in total. The van der Waals surface area contributed by atoms with Gasteiger partial charge in [-0.15, -0.1) is 0 Å². The van der Waals surface area contributed by atoms with Crippen molar-refractivity contribution in [2.45, 2.75) is 45.1 Å². The minimum absolute atomic E-state index is 0.00118. The second-order valence-corrected chi connectivity index (χ2v) is 5.50. The number of hydrogen-bond donors (Lipinski definition) is 1. The molecule has 5 heteroatoms. The zero-order chi connectivity index (χ0) is 13.7. The van der Waals surface area contributed by atoms with Gasteiger partial charge >= 0.3 is 0 Å². The molecule has 2 rings (SSSR count). The van der Waals surface area contributed by atoms with Crippen molar-refractivity contribution in [3.05, 3.63) is 0 Å². The molecule has 1 atom stereocenters. The van der Waals surface area contributed by atoms with Gasteiger partial charge in [-0.2, -0.15) is 0 Å². The number of carbonyl (C=O) groups is 2. The van der Waals surface area contributed by atoms with Crippen molar-refractivity contribution in [3.8, 4) is 0 Å². The Bertz CT molecular complexity index is 327. The molecule has 0 bridgehead atoms. The Balaban J connectivity index is 1.96. The van der Waals surface area contributed by atoms with Gasteiger partial charge in [-0.05, 0) is 25.2 Å². The molecule has 0 spiro atoms. The molecule has 2 fully saturated rings. The molecule has 2 heterocycles. The molecule has 108 valence electrons. The minimum Gasteiger partial charge on any atom is -0.381 e. The predicted octanol–water partition coefficient (Wildman–Crippen LogP) is 0.930. The molecule has 0 saturated carbocycles. The van der Waals surface area contributed by atoms with Gasteiger partial charge in [0, 0.05) is 32.7 Å². The normalized spacial score (nSPS) is 26.2. The summed E-state index contributed by atoms with van der Waals surface area (Å²) >= 11 is 0. The average Bonchev–Trinajstić information content (AvgIpc) is 2.54. The number of nitrogens with one attached hydrogen (secondary N) is 1. The molecule has 0 radical (unpaired) electrons. The van der Waals surface area contributed by atoms with Crippen molar-refractivity contribution in [1.82, 2.24) is 10.2 Å². The largest absolute Gasteiger partial charge is 0.381 e. The SMILES string of the molecule is CCCC1NC(=O)CCN(CC2CCOCC2)C1=O. The van der Waals surface area contributed by atoms with Crippen LogP contribution in [0.25, 0.3) is 0 Å². The zero-order valence-corrected chi connectivity index (χ0v) is 11.7. The molecule has 19 heavy (non-hydrogen) atoms. The summed E-state index contributed by atoms with van der Waals surface area (Å²) in [6.07, 6.45) is 4.10. The molecule has 1 unspecified atom stereocenters. The Labute approximate surface area is 114 Å². The fourth-order valence-corrected chi connectivity index (χ4v) is 2.80. The third-order valence-electron chi connectivity index (χ3n) is 3.95. The number of hydrogen-bond acceptors (Lipinski definition) is 3. The maximum absolute atomic E-state index is 12.4. The molecule has 0 aromatic rings. The summed E-state index contributed by atoms with van der Waals surface area (Å²) in [6.45, 7) is 4.96. The number of amides is 2. The van der Waals surface area contributed by atoms with Crippen molar-refractivity contribution in [2.75, 3.05) is 26.3 Å². The molecule has 2 aliphatic rings. The Kier molecular flexibility index (Phi) is 5.19. The lowest BCUT2D eigenvalue weighted by molar-refractivity contribution is -0.134. The van der Waals surface area contributed by atoms with Gasteiger partial charge in [0.15, 0.2) is 0 Å². The summed E-state index contributed by atoms with van der Waals surface area (Å²) in [5.74, 6) is 0.619. The van der Waals surface area contributed by atoms with Crippen molar-refractivity contribution in [2.24, 2.45) is 5.92 Å². The van der Waals surface area contributed by atoms with Gasteiger partial charge in [0.25, 0.3) is 0 Å². The number of carbonyl (C=O) groups excluding carboxylic acids is 2. The minimum atomic E-state index is -0.320. The maximum atomic E-state index is 12.4. The van der Waals surface area contributed by atoms with Gasteiger partial charge in [0.2, 0.25) is 11.8 Å². The summed E-state index contributed by atoms with van der Waals surface area (Å²) in [7, 11) is 0. The van der Waals surface area contributed by atoms with E-state index >= 15 is 0 Å². The van der Waals surface area contributed by atoms with Crippen LogP contribution in [0.3, 0.4) is 0 Å². The van der Waals surface area contributed by atoms with Gasteiger partial charge in [-0.3, -0.25) is 9.59 Å². The number of nitrogens with zero attached hydrogens (tertiary/aromatic N) is 1. The molecule has 0 aromatic heterocycles. The van der Waals surface area contributed by atoms with Crippen LogP contribution < -0.4 is 5.32 Å². The lowest BCUT2D eigenvalue weighted by Gasteiger charge is -2.30. The molecule has 2 aliphatic heterocycles. The van der Waals surface area contributed by atoms with E-state index in [2.05, 4.69) is 5.32 Å². The third kappa shape index (κ3) is 3.93. The smallest absolute Gasteiger partial charge is 0.245 e. The summed E-state index contributed by atoms with van der Waals surface area (Å²) in [4.78, 5) is 26.0. The quantitative estimate of drug-likeness (QED) is 0.825. The van der Waals surface area contributed by atoms with E-state index < -0.39 is 0 Å². The fourth-order valence-electron chi connectivity index (χ4n) is 2.80.